The highest BCUT2D eigenvalue weighted by atomic mass is 32.2. The molecule has 0 aliphatic carbocycles. The maximum absolute atomic E-state index is 12.5. The number of hydrogen-bond acceptors (Lipinski definition) is 4. The Bertz CT molecular complexity index is 902. The quantitative estimate of drug-likeness (QED) is 0.931. The molecule has 1 amide bonds. The summed E-state index contributed by atoms with van der Waals surface area (Å²) in [6.07, 6.45) is 0. The van der Waals surface area contributed by atoms with E-state index in [-0.39, 0.29) is 16.1 Å². The summed E-state index contributed by atoms with van der Waals surface area (Å²) in [6.45, 7) is 1.53. The number of rotatable bonds is 3. The van der Waals surface area contributed by atoms with E-state index in [2.05, 4.69) is 0 Å². The normalized spacial score (nSPS) is 16.9. The number of hydrogen-bond donors (Lipinski definition) is 1. The standard InChI is InChI=1S/C16H13NO5S/c1-10(16(19)20)11-6-8-12(9-7-11)17-15(18)13-4-2-3-5-14(13)23(17,21)22/h2-10H,1H3,(H,19,20). The molecule has 0 fully saturated rings. The molecule has 1 unspecified atom stereocenters. The summed E-state index contributed by atoms with van der Waals surface area (Å²) in [5.74, 6) is -2.30. The van der Waals surface area contributed by atoms with Crippen molar-refractivity contribution in [1.29, 1.82) is 0 Å². The first-order valence-electron chi connectivity index (χ1n) is 6.85. The maximum atomic E-state index is 12.5. The second kappa shape index (κ2) is 5.20. The zero-order valence-corrected chi connectivity index (χ0v) is 12.9. The average molecular weight is 331 g/mol. The molecule has 1 N–H and O–H groups in total. The van der Waals surface area contributed by atoms with Crippen molar-refractivity contribution in [3.63, 3.8) is 0 Å². The van der Waals surface area contributed by atoms with Crippen LogP contribution in [0.5, 0.6) is 0 Å². The third-order valence-corrected chi connectivity index (χ3v) is 5.59. The number of fused-ring (bicyclic) bond motifs is 1. The fourth-order valence-electron chi connectivity index (χ4n) is 2.48. The minimum Gasteiger partial charge on any atom is -0.481 e. The summed E-state index contributed by atoms with van der Waals surface area (Å²) in [5, 5.41) is 9.00. The summed E-state index contributed by atoms with van der Waals surface area (Å²) >= 11 is 0. The largest absolute Gasteiger partial charge is 0.481 e. The van der Waals surface area contributed by atoms with Gasteiger partial charge in [0.15, 0.2) is 0 Å². The van der Waals surface area contributed by atoms with Crippen molar-refractivity contribution in [2.75, 3.05) is 4.31 Å². The summed E-state index contributed by atoms with van der Waals surface area (Å²) in [4.78, 5) is 23.4. The van der Waals surface area contributed by atoms with Crippen LogP contribution in [0.15, 0.2) is 53.4 Å². The fraction of sp³-hybridized carbons (Fsp3) is 0.125. The number of amides is 1. The summed E-state index contributed by atoms with van der Waals surface area (Å²) in [7, 11) is -3.93. The minimum absolute atomic E-state index is 0.0204. The van der Waals surface area contributed by atoms with Crippen LogP contribution in [-0.2, 0) is 14.8 Å². The van der Waals surface area contributed by atoms with E-state index >= 15 is 0 Å². The molecule has 0 saturated heterocycles. The molecule has 2 aromatic carbocycles. The molecule has 3 rings (SSSR count). The Morgan fingerprint density at radius 2 is 1.70 bits per heavy atom. The first-order valence-corrected chi connectivity index (χ1v) is 8.29. The van der Waals surface area contributed by atoms with Gasteiger partial charge >= 0.3 is 5.97 Å². The van der Waals surface area contributed by atoms with Crippen LogP contribution in [0.4, 0.5) is 5.69 Å². The summed E-state index contributed by atoms with van der Waals surface area (Å²) < 4.78 is 25.8. The lowest BCUT2D eigenvalue weighted by Crippen LogP contribution is -2.29. The molecule has 1 aliphatic heterocycles. The van der Waals surface area contributed by atoms with Crippen molar-refractivity contribution >= 4 is 27.6 Å². The fourth-order valence-corrected chi connectivity index (χ4v) is 4.08. The van der Waals surface area contributed by atoms with Crippen LogP contribution in [0, 0.1) is 0 Å². The second-order valence-corrected chi connectivity index (χ2v) is 6.98. The van der Waals surface area contributed by atoms with Gasteiger partial charge in [0.25, 0.3) is 15.9 Å². The summed E-state index contributed by atoms with van der Waals surface area (Å²) in [6, 6.07) is 11.9. The molecule has 118 valence electrons. The Labute approximate surface area is 133 Å². The van der Waals surface area contributed by atoms with Crippen LogP contribution in [-0.4, -0.2) is 25.4 Å². The highest BCUT2D eigenvalue weighted by Gasteiger charge is 2.41. The molecular weight excluding hydrogens is 318 g/mol. The van der Waals surface area contributed by atoms with E-state index in [1.165, 1.54) is 43.3 Å². The molecule has 0 saturated carbocycles. The molecule has 1 aliphatic rings. The van der Waals surface area contributed by atoms with Crippen molar-refractivity contribution in [1.82, 2.24) is 0 Å². The number of benzene rings is 2. The Morgan fingerprint density at radius 3 is 2.26 bits per heavy atom. The van der Waals surface area contributed by atoms with Crippen LogP contribution in [0.25, 0.3) is 0 Å². The lowest BCUT2D eigenvalue weighted by molar-refractivity contribution is -0.138. The predicted octanol–water partition coefficient (Wildman–Crippen LogP) is 2.22. The van der Waals surface area contributed by atoms with Crippen LogP contribution in [0.1, 0.15) is 28.8 Å². The minimum atomic E-state index is -3.93. The van der Waals surface area contributed by atoms with Gasteiger partial charge in [-0.1, -0.05) is 24.3 Å². The first kappa shape index (κ1) is 15.2. The first-order chi connectivity index (χ1) is 10.8. The van der Waals surface area contributed by atoms with E-state index < -0.39 is 27.8 Å². The number of carbonyl (C=O) groups is 2. The third-order valence-electron chi connectivity index (χ3n) is 3.82. The Balaban J connectivity index is 2.04. The predicted molar refractivity (Wildman–Crippen MR) is 82.9 cm³/mol. The van der Waals surface area contributed by atoms with E-state index in [4.69, 9.17) is 5.11 Å². The monoisotopic (exact) mass is 331 g/mol. The van der Waals surface area contributed by atoms with Crippen LogP contribution in [0.2, 0.25) is 0 Å². The molecule has 6 nitrogen and oxygen atoms in total. The molecule has 0 bridgehead atoms. The van der Waals surface area contributed by atoms with Crippen LogP contribution in [0.3, 0.4) is 0 Å². The van der Waals surface area contributed by atoms with Crippen molar-refractivity contribution in [2.45, 2.75) is 17.7 Å². The van der Waals surface area contributed by atoms with Gasteiger partial charge in [-0.15, -0.1) is 0 Å². The molecule has 2 aromatic rings. The van der Waals surface area contributed by atoms with Crippen molar-refractivity contribution in [3.8, 4) is 0 Å². The van der Waals surface area contributed by atoms with Gasteiger partial charge in [0.2, 0.25) is 0 Å². The highest BCUT2D eigenvalue weighted by Crippen LogP contribution is 2.34. The lowest BCUT2D eigenvalue weighted by atomic mass is 10.0. The molecule has 7 heteroatoms. The number of anilines is 1. The zero-order valence-electron chi connectivity index (χ0n) is 12.1. The van der Waals surface area contributed by atoms with Gasteiger partial charge in [-0.3, -0.25) is 9.59 Å². The van der Waals surface area contributed by atoms with E-state index in [0.29, 0.717) is 5.56 Å². The smallest absolute Gasteiger partial charge is 0.310 e. The van der Waals surface area contributed by atoms with Crippen molar-refractivity contribution in [3.05, 3.63) is 59.7 Å². The van der Waals surface area contributed by atoms with Crippen LogP contribution < -0.4 is 4.31 Å². The molecule has 1 heterocycles. The Hall–Kier alpha value is -2.67. The second-order valence-electron chi connectivity index (χ2n) is 5.22. The maximum Gasteiger partial charge on any atom is 0.310 e. The summed E-state index contributed by atoms with van der Waals surface area (Å²) in [5.41, 5.74) is 0.853. The SMILES string of the molecule is CC(C(=O)O)c1ccc(N2C(=O)c3ccccc3S2(=O)=O)cc1. The van der Waals surface area contributed by atoms with Gasteiger partial charge in [-0.05, 0) is 36.8 Å². The third kappa shape index (κ3) is 2.29. The molecule has 1 atom stereocenters. The van der Waals surface area contributed by atoms with Gasteiger partial charge < -0.3 is 5.11 Å². The van der Waals surface area contributed by atoms with E-state index in [0.717, 1.165) is 4.31 Å². The molecular formula is C16H13NO5S. The Kier molecular flexibility index (Phi) is 3.45. The number of carbonyl (C=O) groups excluding carboxylic acids is 1. The van der Waals surface area contributed by atoms with E-state index in [1.54, 1.807) is 12.1 Å². The average Bonchev–Trinajstić information content (AvgIpc) is 2.74. The number of carboxylic acid groups (broad SMARTS) is 1. The molecule has 0 spiro atoms. The van der Waals surface area contributed by atoms with Gasteiger partial charge in [-0.25, -0.2) is 8.42 Å². The van der Waals surface area contributed by atoms with Gasteiger partial charge in [0.05, 0.1) is 17.2 Å². The zero-order chi connectivity index (χ0) is 16.8. The number of sulfonamides is 1. The molecule has 23 heavy (non-hydrogen) atoms. The number of carboxylic acids is 1. The van der Waals surface area contributed by atoms with Crippen LogP contribution >= 0.6 is 0 Å². The molecule has 0 aromatic heterocycles. The lowest BCUT2D eigenvalue weighted by Gasteiger charge is -2.16. The molecule has 0 radical (unpaired) electrons. The van der Waals surface area contributed by atoms with Crippen molar-refractivity contribution < 1.29 is 23.1 Å². The van der Waals surface area contributed by atoms with Gasteiger partial charge in [0, 0.05) is 0 Å². The van der Waals surface area contributed by atoms with Gasteiger partial charge in [0.1, 0.15) is 4.90 Å². The van der Waals surface area contributed by atoms with Gasteiger partial charge in [-0.2, -0.15) is 4.31 Å². The van der Waals surface area contributed by atoms with E-state index in [1.807, 2.05) is 0 Å². The number of nitrogens with zero attached hydrogens (tertiary/aromatic N) is 1. The number of aliphatic carboxylic acids is 1. The Morgan fingerprint density at radius 1 is 1.09 bits per heavy atom. The van der Waals surface area contributed by atoms with E-state index in [9.17, 15) is 18.0 Å². The highest BCUT2D eigenvalue weighted by molar-refractivity contribution is 7.94. The topological polar surface area (TPSA) is 91.8 Å². The van der Waals surface area contributed by atoms with Crippen molar-refractivity contribution in [2.24, 2.45) is 0 Å².